The van der Waals surface area contributed by atoms with Crippen molar-refractivity contribution in [3.8, 4) is 0 Å². The van der Waals surface area contributed by atoms with Crippen LogP contribution in [0.3, 0.4) is 0 Å². The lowest BCUT2D eigenvalue weighted by atomic mass is 10.1. The maximum Gasteiger partial charge on any atom is 0.272 e. The van der Waals surface area contributed by atoms with E-state index >= 15 is 0 Å². The summed E-state index contributed by atoms with van der Waals surface area (Å²) < 4.78 is 26.5. The molecule has 1 saturated heterocycles. The zero-order chi connectivity index (χ0) is 16.3. The molecule has 2 rings (SSSR count). The third-order valence-electron chi connectivity index (χ3n) is 3.89. The number of nitrogens with one attached hydrogen (secondary N) is 1. The highest BCUT2D eigenvalue weighted by molar-refractivity contribution is 7.90. The molecule has 0 spiro atoms. The van der Waals surface area contributed by atoms with Gasteiger partial charge in [0.25, 0.3) is 5.69 Å². The van der Waals surface area contributed by atoms with E-state index in [9.17, 15) is 18.5 Å². The summed E-state index contributed by atoms with van der Waals surface area (Å²) in [5, 5.41) is 10.6. The molecule has 0 aromatic heterocycles. The number of nitro benzene ring substituents is 1. The largest absolute Gasteiger partial charge is 0.298 e. The molecule has 1 N–H and O–H groups in total. The Morgan fingerprint density at radius 2 is 2.18 bits per heavy atom. The fourth-order valence-electron chi connectivity index (χ4n) is 2.72. The van der Waals surface area contributed by atoms with Crippen LogP contribution in [0.25, 0.3) is 0 Å². The number of likely N-dealkylation sites (tertiary alicyclic amines) is 1. The number of nitrogens with zero attached hydrogens (tertiary/aromatic N) is 2. The van der Waals surface area contributed by atoms with Crippen molar-refractivity contribution < 1.29 is 13.3 Å². The Morgan fingerprint density at radius 1 is 1.45 bits per heavy atom. The van der Waals surface area contributed by atoms with Crippen LogP contribution < -0.4 is 4.72 Å². The molecule has 0 amide bonds. The first-order chi connectivity index (χ1) is 10.3. The average molecular weight is 327 g/mol. The molecule has 1 aliphatic heterocycles. The number of aryl methyl sites for hydroxylation is 1. The first-order valence-corrected chi connectivity index (χ1v) is 8.83. The molecule has 0 unspecified atom stereocenters. The van der Waals surface area contributed by atoms with Gasteiger partial charge in [0.15, 0.2) is 0 Å². The molecule has 1 aromatic rings. The lowest BCUT2D eigenvalue weighted by molar-refractivity contribution is -0.385. The van der Waals surface area contributed by atoms with E-state index in [1.807, 2.05) is 11.0 Å². The van der Waals surface area contributed by atoms with Gasteiger partial charge in [0.2, 0.25) is 10.0 Å². The van der Waals surface area contributed by atoms with Gasteiger partial charge in [0.1, 0.15) is 0 Å². The molecular weight excluding hydrogens is 306 g/mol. The second-order valence-electron chi connectivity index (χ2n) is 5.57. The molecule has 22 heavy (non-hydrogen) atoms. The van der Waals surface area contributed by atoms with Crippen molar-refractivity contribution >= 4 is 15.7 Å². The van der Waals surface area contributed by atoms with Crippen LogP contribution in [0.2, 0.25) is 0 Å². The normalized spacial score (nSPS) is 19.5. The minimum absolute atomic E-state index is 0.105. The zero-order valence-corrected chi connectivity index (χ0v) is 13.6. The second-order valence-corrected chi connectivity index (χ2v) is 7.61. The van der Waals surface area contributed by atoms with Gasteiger partial charge >= 0.3 is 0 Å². The van der Waals surface area contributed by atoms with E-state index in [1.165, 1.54) is 0 Å². The van der Waals surface area contributed by atoms with Crippen molar-refractivity contribution in [1.82, 2.24) is 9.62 Å². The Morgan fingerprint density at radius 3 is 2.82 bits per heavy atom. The number of rotatable bonds is 6. The van der Waals surface area contributed by atoms with Crippen LogP contribution in [0.15, 0.2) is 18.2 Å². The van der Waals surface area contributed by atoms with E-state index in [-0.39, 0.29) is 10.6 Å². The summed E-state index contributed by atoms with van der Waals surface area (Å²) in [6.07, 6.45) is 0.587. The van der Waals surface area contributed by atoms with E-state index in [0.29, 0.717) is 38.2 Å². The van der Waals surface area contributed by atoms with Gasteiger partial charge in [-0.1, -0.05) is 19.1 Å². The smallest absolute Gasteiger partial charge is 0.272 e. The van der Waals surface area contributed by atoms with E-state index in [4.69, 9.17) is 0 Å². The monoisotopic (exact) mass is 327 g/mol. The maximum absolute atomic E-state index is 12.0. The quantitative estimate of drug-likeness (QED) is 0.630. The molecule has 1 fully saturated rings. The average Bonchev–Trinajstić information content (AvgIpc) is 2.90. The molecule has 0 radical (unpaired) electrons. The van der Waals surface area contributed by atoms with Crippen LogP contribution in [-0.2, 0) is 16.6 Å². The maximum atomic E-state index is 12.0. The zero-order valence-electron chi connectivity index (χ0n) is 12.8. The van der Waals surface area contributed by atoms with Gasteiger partial charge in [-0.15, -0.1) is 0 Å². The van der Waals surface area contributed by atoms with E-state index in [2.05, 4.69) is 4.72 Å². The minimum Gasteiger partial charge on any atom is -0.298 e. The highest BCUT2D eigenvalue weighted by Gasteiger charge is 2.32. The van der Waals surface area contributed by atoms with E-state index in [1.54, 1.807) is 26.0 Å². The van der Waals surface area contributed by atoms with Gasteiger partial charge < -0.3 is 0 Å². The summed E-state index contributed by atoms with van der Waals surface area (Å²) >= 11 is 0. The number of benzene rings is 1. The third kappa shape index (κ3) is 3.82. The van der Waals surface area contributed by atoms with E-state index in [0.717, 1.165) is 5.56 Å². The Kier molecular flexibility index (Phi) is 5.15. The topological polar surface area (TPSA) is 92.6 Å². The van der Waals surface area contributed by atoms with E-state index < -0.39 is 15.3 Å². The van der Waals surface area contributed by atoms with Crippen molar-refractivity contribution in [3.63, 3.8) is 0 Å². The molecule has 7 nitrogen and oxygen atoms in total. The van der Waals surface area contributed by atoms with Gasteiger partial charge in [0, 0.05) is 31.3 Å². The van der Waals surface area contributed by atoms with Crippen LogP contribution in [0, 0.1) is 17.0 Å². The Bertz CT molecular complexity index is 660. The third-order valence-corrected chi connectivity index (χ3v) is 5.84. The van der Waals surface area contributed by atoms with Crippen LogP contribution in [0.4, 0.5) is 5.69 Å². The molecule has 122 valence electrons. The SMILES string of the molecule is CCNS(=O)(=O)[C@H]1CCN(Cc2ccc(C)c([N+](=O)[O-])c2)C1. The second kappa shape index (κ2) is 6.72. The summed E-state index contributed by atoms with van der Waals surface area (Å²) in [6.45, 7) is 5.52. The highest BCUT2D eigenvalue weighted by atomic mass is 32.2. The Balaban J connectivity index is 2.04. The first kappa shape index (κ1) is 16.9. The van der Waals surface area contributed by atoms with Gasteiger partial charge in [-0.3, -0.25) is 15.0 Å². The summed E-state index contributed by atoms with van der Waals surface area (Å²) in [5.41, 5.74) is 1.56. The summed E-state index contributed by atoms with van der Waals surface area (Å²) in [4.78, 5) is 12.6. The van der Waals surface area contributed by atoms with Gasteiger partial charge in [-0.2, -0.15) is 0 Å². The van der Waals surface area contributed by atoms with Crippen molar-refractivity contribution in [2.24, 2.45) is 0 Å². The van der Waals surface area contributed by atoms with Crippen molar-refractivity contribution in [1.29, 1.82) is 0 Å². The molecule has 0 saturated carbocycles. The molecule has 8 heteroatoms. The lowest BCUT2D eigenvalue weighted by Crippen LogP contribution is -2.36. The molecule has 1 aromatic carbocycles. The predicted molar refractivity (Wildman–Crippen MR) is 84.1 cm³/mol. The standard InChI is InChI=1S/C14H21N3O4S/c1-3-15-22(20,21)13-6-7-16(10-13)9-12-5-4-11(2)14(8-12)17(18)19/h4-5,8,13,15H,3,6-7,9-10H2,1-2H3/t13-/m0/s1. The predicted octanol–water partition coefficient (Wildman–Crippen LogP) is 1.42. The van der Waals surface area contributed by atoms with Crippen molar-refractivity contribution in [3.05, 3.63) is 39.4 Å². The molecule has 0 aliphatic carbocycles. The van der Waals surface area contributed by atoms with Gasteiger partial charge in [-0.25, -0.2) is 13.1 Å². The van der Waals surface area contributed by atoms with Crippen LogP contribution >= 0.6 is 0 Å². The Labute approximate surface area is 130 Å². The van der Waals surface area contributed by atoms with Gasteiger partial charge in [-0.05, 0) is 25.5 Å². The fourth-order valence-corrected chi connectivity index (χ4v) is 4.18. The van der Waals surface area contributed by atoms with Crippen LogP contribution in [0.5, 0.6) is 0 Å². The molecule has 1 atom stereocenters. The number of hydrogen-bond acceptors (Lipinski definition) is 5. The number of sulfonamides is 1. The molecule has 0 bridgehead atoms. The first-order valence-electron chi connectivity index (χ1n) is 7.28. The lowest BCUT2D eigenvalue weighted by Gasteiger charge is -2.16. The molecular formula is C14H21N3O4S. The highest BCUT2D eigenvalue weighted by Crippen LogP contribution is 2.23. The Hall–Kier alpha value is -1.51. The minimum atomic E-state index is -3.26. The van der Waals surface area contributed by atoms with Crippen LogP contribution in [-0.4, -0.2) is 43.1 Å². The fraction of sp³-hybridized carbons (Fsp3) is 0.571. The molecule has 1 aliphatic rings. The number of nitro groups is 1. The van der Waals surface area contributed by atoms with Crippen molar-refractivity contribution in [2.45, 2.75) is 32.1 Å². The summed E-state index contributed by atoms with van der Waals surface area (Å²) in [5.74, 6) is 0. The molecule has 1 heterocycles. The number of hydrogen-bond donors (Lipinski definition) is 1. The van der Waals surface area contributed by atoms with Crippen LogP contribution in [0.1, 0.15) is 24.5 Å². The summed E-state index contributed by atoms with van der Waals surface area (Å²) in [7, 11) is -3.26. The summed E-state index contributed by atoms with van der Waals surface area (Å²) in [6, 6.07) is 5.16. The van der Waals surface area contributed by atoms with Gasteiger partial charge in [0.05, 0.1) is 10.2 Å². The van der Waals surface area contributed by atoms with Crippen molar-refractivity contribution in [2.75, 3.05) is 19.6 Å².